The van der Waals surface area contributed by atoms with Crippen LogP contribution in [0.15, 0.2) is 72.9 Å². The number of carbonyl (C=O) groups is 2. The summed E-state index contributed by atoms with van der Waals surface area (Å²) < 4.78 is 33.8. The molecule has 340 valence electrons. The van der Waals surface area contributed by atoms with Gasteiger partial charge in [-0.1, -0.05) is 145 Å². The average molecular weight is 850 g/mol. The quantitative estimate of drug-likeness (QED) is 0.0160. The molecule has 0 aromatic carbocycles. The van der Waals surface area contributed by atoms with Crippen molar-refractivity contribution in [1.82, 2.24) is 0 Å². The molecule has 0 aliphatic heterocycles. The molecule has 0 aromatic heterocycles. The van der Waals surface area contributed by atoms with Crippen LogP contribution in [0.5, 0.6) is 0 Å². The van der Waals surface area contributed by atoms with Crippen LogP contribution >= 0.6 is 7.82 Å². The number of nitrogens with zero attached hydrogens (tertiary/aromatic N) is 1. The molecule has 59 heavy (non-hydrogen) atoms. The number of quaternary nitrogens is 1. The minimum atomic E-state index is -4.66. The summed E-state index contributed by atoms with van der Waals surface area (Å²) in [6, 6.07) is 0. The van der Waals surface area contributed by atoms with E-state index in [2.05, 4.69) is 44.2 Å². The van der Waals surface area contributed by atoms with Crippen LogP contribution in [0.2, 0.25) is 0 Å². The minimum Gasteiger partial charge on any atom is -0.756 e. The van der Waals surface area contributed by atoms with E-state index >= 15 is 0 Å². The predicted molar refractivity (Wildman–Crippen MR) is 242 cm³/mol. The lowest BCUT2D eigenvalue weighted by atomic mass is 10.1. The highest BCUT2D eigenvalue weighted by atomic mass is 31.2. The lowest BCUT2D eigenvalue weighted by Gasteiger charge is -2.28. The summed E-state index contributed by atoms with van der Waals surface area (Å²) in [5.74, 6) is -0.954. The highest BCUT2D eigenvalue weighted by Crippen LogP contribution is 2.38. The Balaban J connectivity index is 4.52. The highest BCUT2D eigenvalue weighted by Gasteiger charge is 2.21. The largest absolute Gasteiger partial charge is 0.756 e. The van der Waals surface area contributed by atoms with Gasteiger partial charge in [0.05, 0.1) is 33.9 Å². The summed E-state index contributed by atoms with van der Waals surface area (Å²) in [5.41, 5.74) is 0. The van der Waals surface area contributed by atoms with Crippen molar-refractivity contribution < 1.29 is 47.2 Å². The number of aliphatic hydroxyl groups excluding tert-OH is 1. The molecule has 3 atom stereocenters. The number of likely N-dealkylation sites (N-methyl/N-ethyl adjacent to an activating group) is 1. The second kappa shape index (κ2) is 39.5. The first-order chi connectivity index (χ1) is 28.4. The smallest absolute Gasteiger partial charge is 0.306 e. The van der Waals surface area contributed by atoms with E-state index in [1.807, 2.05) is 57.6 Å². The Labute approximate surface area is 360 Å². The van der Waals surface area contributed by atoms with Crippen molar-refractivity contribution in [2.45, 2.75) is 174 Å². The molecule has 0 saturated carbocycles. The molecule has 0 bridgehead atoms. The Bertz CT molecular complexity index is 1250. The summed E-state index contributed by atoms with van der Waals surface area (Å²) >= 11 is 0. The van der Waals surface area contributed by atoms with Gasteiger partial charge in [-0.15, -0.1) is 0 Å². The highest BCUT2D eigenvalue weighted by molar-refractivity contribution is 7.45. The fourth-order valence-corrected chi connectivity index (χ4v) is 6.37. The topological polar surface area (TPSA) is 131 Å². The molecule has 0 fully saturated rings. The van der Waals surface area contributed by atoms with Crippen molar-refractivity contribution in [3.63, 3.8) is 0 Å². The molecule has 0 rings (SSSR count). The third-order valence-electron chi connectivity index (χ3n) is 9.28. The number of carbonyl (C=O) groups excluding carboxylic acids is 2. The van der Waals surface area contributed by atoms with Gasteiger partial charge in [-0.05, 0) is 77.0 Å². The number of allylic oxidation sites excluding steroid dienone is 10. The van der Waals surface area contributed by atoms with Crippen LogP contribution in [0.4, 0.5) is 0 Å². The summed E-state index contributed by atoms with van der Waals surface area (Å²) in [5, 5.41) is 10.1. The van der Waals surface area contributed by atoms with Crippen LogP contribution in [0.3, 0.4) is 0 Å². The Morgan fingerprint density at radius 3 is 1.76 bits per heavy atom. The first-order valence-corrected chi connectivity index (χ1v) is 24.2. The van der Waals surface area contributed by atoms with Crippen LogP contribution < -0.4 is 4.89 Å². The number of unbranched alkanes of at least 4 members (excludes halogenated alkanes) is 14. The summed E-state index contributed by atoms with van der Waals surface area (Å²) in [6.07, 6.45) is 45.3. The van der Waals surface area contributed by atoms with Gasteiger partial charge in [0.2, 0.25) is 0 Å². The predicted octanol–water partition coefficient (Wildman–Crippen LogP) is 11.4. The average Bonchev–Trinajstić information content (AvgIpc) is 3.18. The molecule has 0 saturated heterocycles. The van der Waals surface area contributed by atoms with Gasteiger partial charge in [0.1, 0.15) is 19.8 Å². The zero-order valence-electron chi connectivity index (χ0n) is 37.8. The lowest BCUT2D eigenvalue weighted by Crippen LogP contribution is -2.37. The van der Waals surface area contributed by atoms with Crippen LogP contribution in [0, 0.1) is 0 Å². The van der Waals surface area contributed by atoms with Crippen molar-refractivity contribution >= 4 is 19.8 Å². The summed E-state index contributed by atoms with van der Waals surface area (Å²) in [4.78, 5) is 37.6. The maximum Gasteiger partial charge on any atom is 0.306 e. The molecule has 0 spiro atoms. The van der Waals surface area contributed by atoms with E-state index in [0.29, 0.717) is 36.7 Å². The number of phosphoric acid groups is 1. The van der Waals surface area contributed by atoms with Crippen molar-refractivity contribution in [1.29, 1.82) is 0 Å². The molecule has 0 radical (unpaired) electrons. The van der Waals surface area contributed by atoms with Crippen molar-refractivity contribution in [2.75, 3.05) is 47.5 Å². The third kappa shape index (κ3) is 43.3. The van der Waals surface area contributed by atoms with E-state index < -0.39 is 38.6 Å². The van der Waals surface area contributed by atoms with Crippen LogP contribution in [-0.4, -0.2) is 81.2 Å². The number of phosphoric ester groups is 1. The Kier molecular flexibility index (Phi) is 37.8. The van der Waals surface area contributed by atoms with Crippen LogP contribution in [0.25, 0.3) is 0 Å². The zero-order chi connectivity index (χ0) is 43.7. The van der Waals surface area contributed by atoms with Crippen molar-refractivity contribution in [3.8, 4) is 0 Å². The van der Waals surface area contributed by atoms with Crippen molar-refractivity contribution in [3.05, 3.63) is 72.9 Å². The first kappa shape index (κ1) is 56.4. The normalized spacial score (nSPS) is 14.8. The van der Waals surface area contributed by atoms with Gasteiger partial charge < -0.3 is 33.0 Å². The minimum absolute atomic E-state index is 0.0569. The van der Waals surface area contributed by atoms with E-state index in [1.54, 1.807) is 6.08 Å². The summed E-state index contributed by atoms with van der Waals surface area (Å²) in [7, 11) is 1.08. The molecular weight excluding hydrogens is 765 g/mol. The maximum atomic E-state index is 12.7. The van der Waals surface area contributed by atoms with Gasteiger partial charge in [-0.25, -0.2) is 0 Å². The Morgan fingerprint density at radius 1 is 0.627 bits per heavy atom. The molecule has 0 heterocycles. The fourth-order valence-electron chi connectivity index (χ4n) is 5.64. The summed E-state index contributed by atoms with van der Waals surface area (Å²) in [6.45, 7) is 3.99. The standard InChI is InChI=1S/C48H84NO9P/c1-6-8-10-12-14-15-16-17-18-19-20-21-22-23-27-31-35-39-47(51)55-43-46(44-57-59(53,54)56-42-41-49(3,4)5)58-48(52)40-36-32-28-25-24-26-30-34-38-45(50)37-33-29-13-11-9-7-2/h14-15,17-18,25-26,28-30,33-34,38,45-46,50H,6-13,16,19-24,27,31-32,35-37,39-44H2,1-5H3/b15-14-,18-17-,28-25-,30-26-,33-29-,38-34+. The second-order valence-electron chi connectivity index (χ2n) is 16.3. The molecular formula is C48H84NO9P. The molecule has 0 aliphatic carbocycles. The number of hydrogen-bond donors (Lipinski definition) is 1. The van der Waals surface area contributed by atoms with Gasteiger partial charge in [0.15, 0.2) is 6.10 Å². The maximum absolute atomic E-state index is 12.7. The molecule has 0 aliphatic rings. The van der Waals surface area contributed by atoms with Crippen LogP contribution in [-0.2, 0) is 32.7 Å². The van der Waals surface area contributed by atoms with Gasteiger partial charge in [-0.2, -0.15) is 0 Å². The van der Waals surface area contributed by atoms with E-state index in [9.17, 15) is 24.2 Å². The van der Waals surface area contributed by atoms with Gasteiger partial charge >= 0.3 is 11.9 Å². The van der Waals surface area contributed by atoms with E-state index in [4.69, 9.17) is 18.5 Å². The van der Waals surface area contributed by atoms with Gasteiger partial charge in [-0.3, -0.25) is 14.2 Å². The second-order valence-corrected chi connectivity index (χ2v) is 17.7. The third-order valence-corrected chi connectivity index (χ3v) is 10.2. The molecule has 3 unspecified atom stereocenters. The number of rotatable bonds is 40. The molecule has 1 N–H and O–H groups in total. The Hall–Kier alpha value is -2.59. The zero-order valence-corrected chi connectivity index (χ0v) is 38.7. The van der Waals surface area contributed by atoms with Crippen LogP contribution in [0.1, 0.15) is 162 Å². The number of esters is 2. The van der Waals surface area contributed by atoms with Gasteiger partial charge in [0, 0.05) is 12.8 Å². The molecule has 11 heteroatoms. The Morgan fingerprint density at radius 2 is 1.15 bits per heavy atom. The van der Waals surface area contributed by atoms with E-state index in [-0.39, 0.29) is 26.1 Å². The molecule has 10 nitrogen and oxygen atoms in total. The molecule has 0 aromatic rings. The van der Waals surface area contributed by atoms with Gasteiger partial charge in [0.25, 0.3) is 7.82 Å². The van der Waals surface area contributed by atoms with Crippen molar-refractivity contribution in [2.24, 2.45) is 0 Å². The number of aliphatic hydroxyl groups is 1. The monoisotopic (exact) mass is 850 g/mol. The number of hydrogen-bond acceptors (Lipinski definition) is 9. The fraction of sp³-hybridized carbons (Fsp3) is 0.708. The van der Waals surface area contributed by atoms with E-state index in [1.165, 1.54) is 64.2 Å². The first-order valence-electron chi connectivity index (χ1n) is 22.8. The lowest BCUT2D eigenvalue weighted by molar-refractivity contribution is -0.870. The van der Waals surface area contributed by atoms with E-state index in [0.717, 1.165) is 44.9 Å². The molecule has 0 amide bonds. The number of ether oxygens (including phenoxy) is 2. The SMILES string of the molecule is CCCCC/C=C\C/C=C\CCCCCCCCCC(=O)OCC(COP(=O)([O-])OCC[N+](C)(C)C)OC(=O)CCC/C=C\C/C=C\C=C\C(O)C/C=C\CCCCC.